The van der Waals surface area contributed by atoms with Crippen molar-refractivity contribution >= 4 is 0 Å². The normalized spacial score (nSPS) is 34.1. The Bertz CT molecular complexity index is 161. The highest BCUT2D eigenvalue weighted by atomic mass is 14.9. The average molecular weight is 197 g/mol. The molecule has 0 bridgehead atoms. The molecule has 0 aliphatic heterocycles. The molecule has 84 valence electrons. The molecule has 1 aliphatic carbocycles. The van der Waals surface area contributed by atoms with Crippen LogP contribution in [0.5, 0.6) is 0 Å². The zero-order valence-corrected chi connectivity index (χ0v) is 10.5. The Balaban J connectivity index is 2.54. The van der Waals surface area contributed by atoms with Gasteiger partial charge in [-0.2, -0.15) is 0 Å². The fourth-order valence-corrected chi connectivity index (χ4v) is 2.82. The van der Waals surface area contributed by atoms with Crippen LogP contribution in [0.3, 0.4) is 0 Å². The molecule has 0 heterocycles. The Morgan fingerprint density at radius 2 is 1.71 bits per heavy atom. The Labute approximate surface area is 89.7 Å². The molecule has 1 saturated carbocycles. The highest BCUT2D eigenvalue weighted by Gasteiger charge is 2.30. The van der Waals surface area contributed by atoms with Crippen LogP contribution in [0, 0.1) is 17.8 Å². The fourth-order valence-electron chi connectivity index (χ4n) is 2.82. The Kier molecular flexibility index (Phi) is 4.43. The van der Waals surface area contributed by atoms with Crippen LogP contribution in [-0.2, 0) is 0 Å². The maximum Gasteiger partial charge on any atom is 0.0103 e. The molecule has 1 N–H and O–H groups in total. The summed E-state index contributed by atoms with van der Waals surface area (Å²) in [5.41, 5.74) is 0. The first-order valence-electron chi connectivity index (χ1n) is 6.26. The van der Waals surface area contributed by atoms with Crippen LogP contribution in [0.25, 0.3) is 0 Å². The minimum Gasteiger partial charge on any atom is -0.311 e. The molecule has 1 aliphatic rings. The first-order valence-corrected chi connectivity index (χ1v) is 6.26. The van der Waals surface area contributed by atoms with Crippen LogP contribution in [-0.4, -0.2) is 12.1 Å². The number of hydrogen-bond donors (Lipinski definition) is 1. The lowest BCUT2D eigenvalue weighted by molar-refractivity contribution is 0.163. The summed E-state index contributed by atoms with van der Waals surface area (Å²) in [5, 5.41) is 3.74. The maximum atomic E-state index is 3.74. The van der Waals surface area contributed by atoms with Gasteiger partial charge in [0, 0.05) is 12.1 Å². The van der Waals surface area contributed by atoms with E-state index in [4.69, 9.17) is 0 Å². The maximum absolute atomic E-state index is 3.74. The van der Waals surface area contributed by atoms with Crippen molar-refractivity contribution < 1.29 is 0 Å². The van der Waals surface area contributed by atoms with E-state index in [1.54, 1.807) is 0 Å². The van der Waals surface area contributed by atoms with Gasteiger partial charge in [-0.1, -0.05) is 41.0 Å². The van der Waals surface area contributed by atoms with Crippen molar-refractivity contribution in [2.24, 2.45) is 17.8 Å². The van der Waals surface area contributed by atoms with Gasteiger partial charge >= 0.3 is 0 Å². The van der Waals surface area contributed by atoms with Gasteiger partial charge in [-0.3, -0.25) is 0 Å². The van der Waals surface area contributed by atoms with E-state index in [-0.39, 0.29) is 0 Å². The molecular weight excluding hydrogens is 170 g/mol. The van der Waals surface area contributed by atoms with Gasteiger partial charge in [0.05, 0.1) is 0 Å². The predicted molar refractivity (Wildman–Crippen MR) is 63.4 cm³/mol. The SMILES string of the molecule is CC1CCC(C(C)C)[C@H](NC(C)C)C1. The Morgan fingerprint density at radius 3 is 2.21 bits per heavy atom. The number of hydrogen-bond acceptors (Lipinski definition) is 1. The van der Waals surface area contributed by atoms with Crippen molar-refractivity contribution in [3.05, 3.63) is 0 Å². The summed E-state index contributed by atoms with van der Waals surface area (Å²) in [7, 11) is 0. The molecule has 1 rings (SSSR count). The molecule has 0 radical (unpaired) electrons. The smallest absolute Gasteiger partial charge is 0.0103 e. The number of rotatable bonds is 3. The second kappa shape index (κ2) is 5.16. The Morgan fingerprint density at radius 1 is 1.07 bits per heavy atom. The van der Waals surface area contributed by atoms with Crippen molar-refractivity contribution in [1.29, 1.82) is 0 Å². The topological polar surface area (TPSA) is 12.0 Å². The zero-order valence-electron chi connectivity index (χ0n) is 10.5. The van der Waals surface area contributed by atoms with Crippen LogP contribution >= 0.6 is 0 Å². The quantitative estimate of drug-likeness (QED) is 0.731. The molecule has 1 fully saturated rings. The second-order valence-electron chi connectivity index (χ2n) is 5.75. The van der Waals surface area contributed by atoms with Crippen molar-refractivity contribution in [3.63, 3.8) is 0 Å². The van der Waals surface area contributed by atoms with Gasteiger partial charge in [0.1, 0.15) is 0 Å². The summed E-state index contributed by atoms with van der Waals surface area (Å²) in [4.78, 5) is 0. The largest absolute Gasteiger partial charge is 0.311 e. The van der Waals surface area contributed by atoms with E-state index in [0.717, 1.165) is 23.8 Å². The van der Waals surface area contributed by atoms with E-state index in [1.165, 1.54) is 19.3 Å². The molecule has 1 heteroatoms. The van der Waals surface area contributed by atoms with Crippen molar-refractivity contribution in [3.8, 4) is 0 Å². The van der Waals surface area contributed by atoms with E-state index >= 15 is 0 Å². The summed E-state index contributed by atoms with van der Waals surface area (Å²) >= 11 is 0. The third-order valence-electron chi connectivity index (χ3n) is 3.57. The highest BCUT2D eigenvalue weighted by Crippen LogP contribution is 2.33. The zero-order chi connectivity index (χ0) is 10.7. The molecule has 3 atom stereocenters. The second-order valence-corrected chi connectivity index (χ2v) is 5.75. The Hall–Kier alpha value is -0.0400. The van der Waals surface area contributed by atoms with Crippen molar-refractivity contribution in [2.75, 3.05) is 0 Å². The molecule has 0 aromatic rings. The van der Waals surface area contributed by atoms with E-state index in [1.807, 2.05) is 0 Å². The lowest BCUT2D eigenvalue weighted by Gasteiger charge is -2.39. The standard InChI is InChI=1S/C13H27N/c1-9(2)12-7-6-11(5)8-13(12)14-10(3)4/h9-14H,6-8H2,1-5H3/t11?,12?,13-/m1/s1. The molecular formula is C13H27N. The highest BCUT2D eigenvalue weighted by molar-refractivity contribution is 4.86. The van der Waals surface area contributed by atoms with Crippen LogP contribution in [0.15, 0.2) is 0 Å². The van der Waals surface area contributed by atoms with Gasteiger partial charge in [0.25, 0.3) is 0 Å². The third kappa shape index (κ3) is 3.27. The van der Waals surface area contributed by atoms with Gasteiger partial charge < -0.3 is 5.32 Å². The molecule has 0 spiro atoms. The van der Waals surface area contributed by atoms with Gasteiger partial charge in [0.2, 0.25) is 0 Å². The monoisotopic (exact) mass is 197 g/mol. The summed E-state index contributed by atoms with van der Waals surface area (Å²) in [6.45, 7) is 11.7. The van der Waals surface area contributed by atoms with Gasteiger partial charge in [-0.15, -0.1) is 0 Å². The average Bonchev–Trinajstić information content (AvgIpc) is 2.01. The summed E-state index contributed by atoms with van der Waals surface area (Å²) in [6.07, 6.45) is 4.23. The third-order valence-corrected chi connectivity index (χ3v) is 3.57. The van der Waals surface area contributed by atoms with Gasteiger partial charge in [-0.05, 0) is 30.6 Å². The van der Waals surface area contributed by atoms with Crippen LogP contribution in [0.4, 0.5) is 0 Å². The van der Waals surface area contributed by atoms with Gasteiger partial charge in [0.15, 0.2) is 0 Å². The molecule has 2 unspecified atom stereocenters. The van der Waals surface area contributed by atoms with Crippen LogP contribution in [0.1, 0.15) is 53.9 Å². The lowest BCUT2D eigenvalue weighted by atomic mass is 9.74. The minimum absolute atomic E-state index is 0.631. The van der Waals surface area contributed by atoms with Crippen molar-refractivity contribution in [2.45, 2.75) is 66.0 Å². The summed E-state index contributed by atoms with van der Waals surface area (Å²) in [6, 6.07) is 1.39. The van der Waals surface area contributed by atoms with E-state index < -0.39 is 0 Å². The molecule has 14 heavy (non-hydrogen) atoms. The number of nitrogens with one attached hydrogen (secondary N) is 1. The lowest BCUT2D eigenvalue weighted by Crippen LogP contribution is -2.45. The first-order chi connectivity index (χ1) is 6.50. The van der Waals surface area contributed by atoms with Crippen molar-refractivity contribution in [1.82, 2.24) is 5.32 Å². The first kappa shape index (κ1) is 12.0. The van der Waals surface area contributed by atoms with Crippen LogP contribution < -0.4 is 5.32 Å². The van der Waals surface area contributed by atoms with E-state index in [2.05, 4.69) is 39.9 Å². The molecule has 0 aromatic carbocycles. The van der Waals surface area contributed by atoms with E-state index in [9.17, 15) is 0 Å². The summed E-state index contributed by atoms with van der Waals surface area (Å²) < 4.78 is 0. The van der Waals surface area contributed by atoms with Crippen LogP contribution in [0.2, 0.25) is 0 Å². The van der Waals surface area contributed by atoms with E-state index in [0.29, 0.717) is 6.04 Å². The summed E-state index contributed by atoms with van der Waals surface area (Å²) in [5.74, 6) is 2.65. The van der Waals surface area contributed by atoms with Gasteiger partial charge in [-0.25, -0.2) is 0 Å². The minimum atomic E-state index is 0.631. The fraction of sp³-hybridized carbons (Fsp3) is 1.00. The molecule has 0 amide bonds. The molecule has 1 nitrogen and oxygen atoms in total. The molecule has 0 aromatic heterocycles. The molecule has 0 saturated heterocycles. The predicted octanol–water partition coefficient (Wildman–Crippen LogP) is 3.45.